The second-order valence-corrected chi connectivity index (χ2v) is 16.4. The van der Waals surface area contributed by atoms with Crippen LogP contribution >= 0.6 is 11.6 Å². The number of hydrogen-bond acceptors (Lipinski definition) is 2. The van der Waals surface area contributed by atoms with Gasteiger partial charge in [0.05, 0.1) is 30.8 Å². The van der Waals surface area contributed by atoms with Crippen LogP contribution in [-0.2, 0) is 22.7 Å². The Balaban J connectivity index is 1.25. The van der Waals surface area contributed by atoms with Gasteiger partial charge in [-0.1, -0.05) is 115 Å². The fraction of sp³-hybridized carbons (Fsp3) is 0.659. The van der Waals surface area contributed by atoms with E-state index in [4.69, 9.17) is 21.1 Å². The molecule has 0 radical (unpaired) electrons. The van der Waals surface area contributed by atoms with E-state index >= 15 is 0 Å². The van der Waals surface area contributed by atoms with Gasteiger partial charge in [0.1, 0.15) is 0 Å². The number of benzene rings is 2. The van der Waals surface area contributed by atoms with E-state index in [2.05, 4.69) is 95.3 Å². The summed E-state index contributed by atoms with van der Waals surface area (Å²) in [5, 5.41) is 0.110. The smallest absolute Gasteiger partial charge is 0.0801 e. The van der Waals surface area contributed by atoms with Gasteiger partial charge in [0, 0.05) is 0 Å². The monoisotopic (exact) mass is 616 g/mol. The molecule has 4 aliphatic rings. The second-order valence-electron chi connectivity index (χ2n) is 15.9. The van der Waals surface area contributed by atoms with Crippen LogP contribution in [0.2, 0.25) is 0 Å². The molecule has 0 aliphatic heterocycles. The second kappa shape index (κ2) is 13.6. The van der Waals surface area contributed by atoms with E-state index in [-0.39, 0.29) is 16.9 Å². The van der Waals surface area contributed by atoms with Gasteiger partial charge in [-0.05, 0) is 108 Å². The third kappa shape index (κ3) is 6.47. The number of allylic oxidation sites excluding steroid dienone is 1. The molecule has 3 saturated carbocycles. The van der Waals surface area contributed by atoms with E-state index in [1.165, 1.54) is 49.7 Å². The maximum atomic E-state index is 7.60. The minimum Gasteiger partial charge on any atom is -0.374 e. The van der Waals surface area contributed by atoms with Crippen molar-refractivity contribution in [2.45, 2.75) is 130 Å². The lowest BCUT2D eigenvalue weighted by Crippen LogP contribution is -2.51. The van der Waals surface area contributed by atoms with E-state index in [1.807, 2.05) is 0 Å². The van der Waals surface area contributed by atoms with Crippen molar-refractivity contribution in [2.24, 2.45) is 40.4 Å². The summed E-state index contributed by atoms with van der Waals surface area (Å²) in [6.45, 7) is 13.9. The molecule has 0 heterocycles. The Morgan fingerprint density at radius 3 is 2.11 bits per heavy atom. The standard InChI is InChI=1S/C41H57ClO2/c1-28(2)13-12-14-29(3)35-25-37(44-27-31-17-10-7-11-18-31)39-38-34(20-22-41(35,39)5)40(4)21-19-33(23-32(40)24-36(38)42)43-26-30-15-8-6-9-16-30/h6-11,15-18,28-29,32-37H,12-14,19-27H2,1-5H3. The molecule has 0 bridgehead atoms. The molecule has 0 saturated heterocycles. The Labute approximate surface area is 273 Å². The van der Waals surface area contributed by atoms with E-state index in [0.717, 1.165) is 31.6 Å². The van der Waals surface area contributed by atoms with Gasteiger partial charge >= 0.3 is 0 Å². The predicted octanol–water partition coefficient (Wildman–Crippen LogP) is 11.2. The third-order valence-electron chi connectivity index (χ3n) is 12.7. The lowest BCUT2D eigenvalue weighted by Gasteiger charge is -2.58. The third-order valence-corrected chi connectivity index (χ3v) is 13.1. The summed E-state index contributed by atoms with van der Waals surface area (Å²) in [6.07, 6.45) is 12.8. The molecule has 2 nitrogen and oxygen atoms in total. The van der Waals surface area contributed by atoms with Crippen molar-refractivity contribution in [3.05, 3.63) is 82.9 Å². The molecule has 0 N–H and O–H groups in total. The van der Waals surface area contributed by atoms with Crippen molar-refractivity contribution in [1.29, 1.82) is 0 Å². The molecular weight excluding hydrogens is 560 g/mol. The topological polar surface area (TPSA) is 18.5 Å². The minimum absolute atomic E-state index is 0.110. The molecule has 0 amide bonds. The summed E-state index contributed by atoms with van der Waals surface area (Å²) in [4.78, 5) is 0. The Hall–Kier alpha value is -1.61. The molecule has 9 atom stereocenters. The van der Waals surface area contributed by atoms with E-state index < -0.39 is 0 Å². The van der Waals surface area contributed by atoms with Crippen molar-refractivity contribution >= 4 is 11.6 Å². The van der Waals surface area contributed by atoms with Gasteiger partial charge < -0.3 is 9.47 Å². The Morgan fingerprint density at radius 1 is 0.795 bits per heavy atom. The zero-order chi connectivity index (χ0) is 30.9. The fourth-order valence-electron chi connectivity index (χ4n) is 10.2. The number of alkyl halides is 1. The van der Waals surface area contributed by atoms with Crippen LogP contribution in [0.1, 0.15) is 110 Å². The van der Waals surface area contributed by atoms with Crippen LogP contribution in [0.15, 0.2) is 71.8 Å². The van der Waals surface area contributed by atoms with Crippen molar-refractivity contribution in [2.75, 3.05) is 0 Å². The first kappa shape index (κ1) is 32.3. The maximum absolute atomic E-state index is 7.60. The number of ether oxygens (including phenoxy) is 2. The van der Waals surface area contributed by atoms with Crippen molar-refractivity contribution in [3.63, 3.8) is 0 Å². The van der Waals surface area contributed by atoms with Crippen LogP contribution in [0, 0.1) is 40.4 Å². The molecule has 3 heteroatoms. The molecule has 4 aliphatic carbocycles. The van der Waals surface area contributed by atoms with Gasteiger partial charge in [-0.3, -0.25) is 0 Å². The van der Waals surface area contributed by atoms with Gasteiger partial charge in [-0.15, -0.1) is 11.6 Å². The van der Waals surface area contributed by atoms with E-state index in [0.29, 0.717) is 48.4 Å². The molecule has 3 fully saturated rings. The number of halogens is 1. The molecule has 0 spiro atoms. The number of fused-ring (bicyclic) bond motifs is 4. The molecule has 2 aromatic rings. The van der Waals surface area contributed by atoms with Crippen LogP contribution in [0.3, 0.4) is 0 Å². The number of hydrogen-bond donors (Lipinski definition) is 0. The van der Waals surface area contributed by atoms with Gasteiger partial charge in [-0.25, -0.2) is 0 Å². The predicted molar refractivity (Wildman–Crippen MR) is 184 cm³/mol. The van der Waals surface area contributed by atoms with Crippen molar-refractivity contribution < 1.29 is 9.47 Å². The van der Waals surface area contributed by atoms with Gasteiger partial charge in [0.2, 0.25) is 0 Å². The highest BCUT2D eigenvalue weighted by Crippen LogP contribution is 2.67. The molecule has 44 heavy (non-hydrogen) atoms. The van der Waals surface area contributed by atoms with E-state index in [9.17, 15) is 0 Å². The molecule has 2 aromatic carbocycles. The summed E-state index contributed by atoms with van der Waals surface area (Å²) in [7, 11) is 0. The zero-order valence-corrected chi connectivity index (χ0v) is 28.8. The molecule has 0 aromatic heterocycles. The highest BCUT2D eigenvalue weighted by molar-refractivity contribution is 6.22. The van der Waals surface area contributed by atoms with Crippen LogP contribution in [0.5, 0.6) is 0 Å². The van der Waals surface area contributed by atoms with Gasteiger partial charge in [0.15, 0.2) is 0 Å². The largest absolute Gasteiger partial charge is 0.374 e. The lowest BCUT2D eigenvalue weighted by atomic mass is 9.48. The molecular formula is C41H57ClO2. The zero-order valence-electron chi connectivity index (χ0n) is 28.1. The van der Waals surface area contributed by atoms with Crippen LogP contribution in [0.25, 0.3) is 0 Å². The van der Waals surface area contributed by atoms with Crippen LogP contribution in [0.4, 0.5) is 0 Å². The summed E-state index contributed by atoms with van der Waals surface area (Å²) in [5.41, 5.74) is 6.27. The fourth-order valence-corrected chi connectivity index (χ4v) is 10.7. The van der Waals surface area contributed by atoms with Crippen LogP contribution < -0.4 is 0 Å². The summed E-state index contributed by atoms with van der Waals surface area (Å²) >= 11 is 7.60. The first-order chi connectivity index (χ1) is 21.2. The molecule has 240 valence electrons. The molecule has 6 rings (SSSR count). The Kier molecular flexibility index (Phi) is 10.0. The average molecular weight is 617 g/mol. The Morgan fingerprint density at radius 2 is 1.45 bits per heavy atom. The lowest BCUT2D eigenvalue weighted by molar-refractivity contribution is -0.0708. The quantitative estimate of drug-likeness (QED) is 0.185. The highest BCUT2D eigenvalue weighted by atomic mass is 35.5. The maximum Gasteiger partial charge on any atom is 0.0801 e. The average Bonchev–Trinajstić information content (AvgIpc) is 3.32. The summed E-state index contributed by atoms with van der Waals surface area (Å²) < 4.78 is 13.5. The first-order valence-electron chi connectivity index (χ1n) is 17.9. The summed E-state index contributed by atoms with van der Waals surface area (Å²) in [6, 6.07) is 21.4. The van der Waals surface area contributed by atoms with Crippen LogP contribution in [-0.4, -0.2) is 17.6 Å². The van der Waals surface area contributed by atoms with E-state index in [1.54, 1.807) is 11.1 Å². The highest BCUT2D eigenvalue weighted by Gasteiger charge is 2.60. The number of rotatable bonds is 11. The van der Waals surface area contributed by atoms with Gasteiger partial charge in [0.25, 0.3) is 0 Å². The van der Waals surface area contributed by atoms with Crippen molar-refractivity contribution in [1.82, 2.24) is 0 Å². The minimum atomic E-state index is 0.110. The SMILES string of the molecule is CC(C)CCCC(C)C1CC(OCc2ccccc2)C2=C3C(Cl)CC4CC(OCc5ccccc5)CCC4(C)C3CCC21C. The Bertz CT molecular complexity index is 1260. The van der Waals surface area contributed by atoms with Gasteiger partial charge in [-0.2, -0.15) is 0 Å². The van der Waals surface area contributed by atoms with Crippen molar-refractivity contribution in [3.8, 4) is 0 Å². The molecule has 9 unspecified atom stereocenters. The first-order valence-corrected chi connectivity index (χ1v) is 18.3. The summed E-state index contributed by atoms with van der Waals surface area (Å²) in [5.74, 6) is 3.33. The normalized spacial score (nSPS) is 35.7.